The Labute approximate surface area is 141 Å². The molecule has 2 aromatic rings. The number of alkyl halides is 3. The van der Waals surface area contributed by atoms with E-state index < -0.39 is 29.9 Å². The SMILES string of the molecule is Cc1c(Cl)cccc1NC(=O)C[C@](O)(c1nccn1C)C(F)(F)F. The fourth-order valence-electron chi connectivity index (χ4n) is 2.24. The molecule has 0 bridgehead atoms. The molecule has 0 aliphatic heterocycles. The normalized spacial score (nSPS) is 14.3. The summed E-state index contributed by atoms with van der Waals surface area (Å²) in [6.07, 6.45) is -3.93. The summed E-state index contributed by atoms with van der Waals surface area (Å²) in [7, 11) is 1.30. The summed E-state index contributed by atoms with van der Waals surface area (Å²) in [5.41, 5.74) is -2.61. The second-order valence-electron chi connectivity index (χ2n) is 5.36. The van der Waals surface area contributed by atoms with E-state index in [0.717, 1.165) is 10.8 Å². The van der Waals surface area contributed by atoms with Gasteiger partial charge in [0.2, 0.25) is 11.5 Å². The number of aryl methyl sites for hydroxylation is 1. The molecule has 0 spiro atoms. The molecule has 0 fully saturated rings. The average Bonchev–Trinajstić information content (AvgIpc) is 2.89. The first-order chi connectivity index (χ1) is 11.1. The fraction of sp³-hybridized carbons (Fsp3) is 0.333. The summed E-state index contributed by atoms with van der Waals surface area (Å²) in [6.45, 7) is 1.62. The molecule has 2 rings (SSSR count). The largest absolute Gasteiger partial charge is 0.425 e. The quantitative estimate of drug-likeness (QED) is 0.879. The van der Waals surface area contributed by atoms with E-state index in [4.69, 9.17) is 11.6 Å². The number of rotatable bonds is 4. The molecule has 0 saturated carbocycles. The van der Waals surface area contributed by atoms with Crippen molar-refractivity contribution < 1.29 is 23.1 Å². The van der Waals surface area contributed by atoms with Crippen LogP contribution < -0.4 is 5.32 Å². The molecule has 130 valence electrons. The second kappa shape index (κ2) is 6.45. The number of imidazole rings is 1. The molecule has 0 unspecified atom stereocenters. The maximum Gasteiger partial charge on any atom is 0.425 e. The number of hydrogen-bond acceptors (Lipinski definition) is 3. The minimum absolute atomic E-state index is 0.275. The van der Waals surface area contributed by atoms with E-state index >= 15 is 0 Å². The Kier molecular flexibility index (Phi) is 4.91. The third kappa shape index (κ3) is 3.39. The van der Waals surface area contributed by atoms with Gasteiger partial charge >= 0.3 is 6.18 Å². The molecule has 1 atom stereocenters. The van der Waals surface area contributed by atoms with Crippen LogP contribution in [0, 0.1) is 6.92 Å². The van der Waals surface area contributed by atoms with Crippen LogP contribution in [-0.4, -0.2) is 26.7 Å². The van der Waals surface area contributed by atoms with E-state index in [-0.39, 0.29) is 5.69 Å². The molecule has 1 amide bonds. The number of benzene rings is 1. The predicted molar refractivity (Wildman–Crippen MR) is 82.6 cm³/mol. The number of nitrogens with one attached hydrogen (secondary N) is 1. The lowest BCUT2D eigenvalue weighted by atomic mass is 9.97. The zero-order chi connectivity index (χ0) is 18.1. The zero-order valence-electron chi connectivity index (χ0n) is 12.9. The van der Waals surface area contributed by atoms with E-state index in [2.05, 4.69) is 10.3 Å². The van der Waals surface area contributed by atoms with Crippen LogP contribution in [0.1, 0.15) is 17.8 Å². The highest BCUT2D eigenvalue weighted by atomic mass is 35.5. The monoisotopic (exact) mass is 361 g/mol. The highest BCUT2D eigenvalue weighted by Crippen LogP contribution is 2.41. The van der Waals surface area contributed by atoms with Crippen LogP contribution in [0.25, 0.3) is 0 Å². The van der Waals surface area contributed by atoms with Gasteiger partial charge < -0.3 is 15.0 Å². The van der Waals surface area contributed by atoms with Crippen molar-refractivity contribution in [2.75, 3.05) is 5.32 Å². The van der Waals surface area contributed by atoms with Crippen molar-refractivity contribution in [2.45, 2.75) is 25.1 Å². The number of aromatic nitrogens is 2. The Balaban J connectivity index is 2.29. The number of carbonyl (C=O) groups excluding carboxylic acids is 1. The summed E-state index contributed by atoms with van der Waals surface area (Å²) in [4.78, 5) is 15.6. The van der Waals surface area contributed by atoms with E-state index in [1.54, 1.807) is 19.1 Å². The highest BCUT2D eigenvalue weighted by molar-refractivity contribution is 6.31. The Morgan fingerprint density at radius 2 is 2.08 bits per heavy atom. The van der Waals surface area contributed by atoms with Gasteiger partial charge in [-0.3, -0.25) is 4.79 Å². The number of anilines is 1. The van der Waals surface area contributed by atoms with Crippen LogP contribution in [0.3, 0.4) is 0 Å². The van der Waals surface area contributed by atoms with Crippen LogP contribution in [-0.2, 0) is 17.4 Å². The molecule has 9 heteroatoms. The molecule has 1 heterocycles. The highest BCUT2D eigenvalue weighted by Gasteiger charge is 2.58. The number of aliphatic hydroxyl groups is 1. The minimum atomic E-state index is -5.08. The molecule has 0 saturated heterocycles. The van der Waals surface area contributed by atoms with Crippen molar-refractivity contribution in [3.05, 3.63) is 47.0 Å². The molecule has 2 N–H and O–H groups in total. The van der Waals surface area contributed by atoms with E-state index in [1.165, 1.54) is 19.3 Å². The number of amides is 1. The lowest BCUT2D eigenvalue weighted by Crippen LogP contribution is -2.46. The summed E-state index contributed by atoms with van der Waals surface area (Å²) in [6, 6.07) is 4.65. The maximum atomic E-state index is 13.4. The minimum Gasteiger partial charge on any atom is -0.374 e. The standard InChI is InChI=1S/C15H15ClF3N3O2/c1-9-10(16)4-3-5-11(9)21-12(23)8-14(24,15(17,18)19)13-20-6-7-22(13)2/h3-7,24H,8H2,1-2H3,(H,21,23)/t14-/m0/s1. The molecular weight excluding hydrogens is 347 g/mol. The molecule has 1 aromatic heterocycles. The number of carbonyl (C=O) groups is 1. The Hall–Kier alpha value is -2.06. The number of halogens is 4. The van der Waals surface area contributed by atoms with Gasteiger partial charge in [0.1, 0.15) is 0 Å². The van der Waals surface area contributed by atoms with Crippen LogP contribution in [0.4, 0.5) is 18.9 Å². The van der Waals surface area contributed by atoms with Crippen LogP contribution in [0.5, 0.6) is 0 Å². The molecule has 24 heavy (non-hydrogen) atoms. The van der Waals surface area contributed by atoms with Crippen molar-refractivity contribution in [3.8, 4) is 0 Å². The Morgan fingerprint density at radius 3 is 2.62 bits per heavy atom. The first-order valence-corrected chi connectivity index (χ1v) is 7.26. The van der Waals surface area contributed by atoms with Gasteiger partial charge in [0.05, 0.1) is 6.42 Å². The molecule has 0 aliphatic rings. The van der Waals surface area contributed by atoms with Gasteiger partial charge in [-0.25, -0.2) is 4.98 Å². The molecule has 5 nitrogen and oxygen atoms in total. The first kappa shape index (κ1) is 18.3. The molecule has 0 radical (unpaired) electrons. The Bertz CT molecular complexity index is 761. The van der Waals surface area contributed by atoms with Gasteiger partial charge in [-0.1, -0.05) is 17.7 Å². The van der Waals surface area contributed by atoms with Gasteiger partial charge in [-0.05, 0) is 24.6 Å². The van der Waals surface area contributed by atoms with Crippen molar-refractivity contribution in [3.63, 3.8) is 0 Å². The van der Waals surface area contributed by atoms with Crippen LogP contribution in [0.2, 0.25) is 5.02 Å². The number of hydrogen-bond donors (Lipinski definition) is 2. The van der Waals surface area contributed by atoms with Gasteiger partial charge in [0, 0.05) is 30.2 Å². The van der Waals surface area contributed by atoms with Gasteiger partial charge in [0.25, 0.3) is 0 Å². The molecule has 0 aliphatic carbocycles. The van der Waals surface area contributed by atoms with Crippen LogP contribution in [0.15, 0.2) is 30.6 Å². The summed E-state index contributed by atoms with van der Waals surface area (Å²) < 4.78 is 41.2. The summed E-state index contributed by atoms with van der Waals surface area (Å²) in [5.74, 6) is -1.67. The van der Waals surface area contributed by atoms with Crippen molar-refractivity contribution in [1.29, 1.82) is 0 Å². The maximum absolute atomic E-state index is 13.4. The zero-order valence-corrected chi connectivity index (χ0v) is 13.6. The lowest BCUT2D eigenvalue weighted by molar-refractivity contribution is -0.270. The smallest absolute Gasteiger partial charge is 0.374 e. The second-order valence-corrected chi connectivity index (χ2v) is 5.76. The van der Waals surface area contributed by atoms with Crippen molar-refractivity contribution >= 4 is 23.2 Å². The van der Waals surface area contributed by atoms with Gasteiger partial charge in [-0.15, -0.1) is 0 Å². The van der Waals surface area contributed by atoms with Crippen molar-refractivity contribution in [1.82, 2.24) is 9.55 Å². The van der Waals surface area contributed by atoms with Crippen LogP contribution >= 0.6 is 11.6 Å². The lowest BCUT2D eigenvalue weighted by Gasteiger charge is -2.29. The summed E-state index contributed by atoms with van der Waals surface area (Å²) in [5, 5.41) is 12.9. The predicted octanol–water partition coefficient (Wildman–Crippen LogP) is 3.16. The van der Waals surface area contributed by atoms with E-state index in [0.29, 0.717) is 10.6 Å². The third-order valence-corrected chi connectivity index (χ3v) is 4.03. The number of nitrogens with zero attached hydrogens (tertiary/aromatic N) is 2. The third-order valence-electron chi connectivity index (χ3n) is 3.62. The van der Waals surface area contributed by atoms with E-state index in [9.17, 15) is 23.1 Å². The Morgan fingerprint density at radius 1 is 1.42 bits per heavy atom. The van der Waals surface area contributed by atoms with Crippen molar-refractivity contribution in [2.24, 2.45) is 7.05 Å². The fourth-order valence-corrected chi connectivity index (χ4v) is 2.41. The topological polar surface area (TPSA) is 67.2 Å². The van der Waals surface area contributed by atoms with Gasteiger partial charge in [0.15, 0.2) is 5.82 Å². The summed E-state index contributed by atoms with van der Waals surface area (Å²) >= 11 is 5.91. The first-order valence-electron chi connectivity index (χ1n) is 6.88. The molecule has 1 aromatic carbocycles. The van der Waals surface area contributed by atoms with E-state index in [1.807, 2.05) is 0 Å². The molecular formula is C15H15ClF3N3O2. The van der Waals surface area contributed by atoms with Gasteiger partial charge in [-0.2, -0.15) is 13.2 Å². The average molecular weight is 362 g/mol.